The van der Waals surface area contributed by atoms with Crippen LogP contribution in [0, 0.1) is 0 Å². The van der Waals surface area contributed by atoms with E-state index < -0.39 is 0 Å². The maximum atomic E-state index is 12.2. The molecule has 1 aromatic rings. The number of benzene rings is 1. The molecule has 0 radical (unpaired) electrons. The number of hydrogen-bond donors (Lipinski definition) is 0. The molecule has 5 heteroatoms. The number of epoxide rings is 1. The number of nitrogens with zero attached hydrogens (tertiary/aromatic N) is 1. The molecule has 1 amide bonds. The Morgan fingerprint density at radius 2 is 1.85 bits per heavy atom. The zero-order valence-corrected chi connectivity index (χ0v) is 10.9. The molecule has 0 aromatic heterocycles. The van der Waals surface area contributed by atoms with Crippen LogP contribution < -0.4 is 0 Å². The van der Waals surface area contributed by atoms with Crippen molar-refractivity contribution in [1.29, 1.82) is 0 Å². The van der Waals surface area contributed by atoms with Crippen molar-refractivity contribution in [1.82, 2.24) is 4.90 Å². The Hall–Kier alpha value is -1.88. The van der Waals surface area contributed by atoms with E-state index in [9.17, 15) is 9.59 Å². The minimum absolute atomic E-state index is 0.0516. The molecule has 4 rings (SSSR count). The number of carbonyl (C=O) groups excluding carboxylic acids is 2. The monoisotopic (exact) mass is 273 g/mol. The standard InChI is InChI=1S/C15H15NO4/c17-10-6-11-13-14(20-13)12(7-10)16(11)15(18)19-8-9-4-2-1-3-5-9/h1-5,11-14H,6-8H2/t11-,12+,13-,14+. The average Bonchev–Trinajstić information content (AvgIpc) is 3.21. The second-order valence-electron chi connectivity index (χ2n) is 5.59. The van der Waals surface area contributed by atoms with E-state index in [1.54, 1.807) is 4.90 Å². The number of amides is 1. The van der Waals surface area contributed by atoms with Crippen molar-refractivity contribution in [2.75, 3.05) is 0 Å². The number of morpholine rings is 1. The van der Waals surface area contributed by atoms with E-state index in [1.165, 1.54) is 0 Å². The van der Waals surface area contributed by atoms with Crippen molar-refractivity contribution in [2.24, 2.45) is 0 Å². The van der Waals surface area contributed by atoms with Crippen molar-refractivity contribution in [2.45, 2.75) is 43.7 Å². The average molecular weight is 273 g/mol. The highest BCUT2D eigenvalue weighted by Gasteiger charge is 2.65. The van der Waals surface area contributed by atoms with Gasteiger partial charge < -0.3 is 9.47 Å². The molecule has 2 bridgehead atoms. The summed E-state index contributed by atoms with van der Waals surface area (Å²) in [4.78, 5) is 25.6. The summed E-state index contributed by atoms with van der Waals surface area (Å²) in [5.41, 5.74) is 0.961. The van der Waals surface area contributed by atoms with Gasteiger partial charge in [-0.3, -0.25) is 9.69 Å². The minimum atomic E-state index is -0.327. The summed E-state index contributed by atoms with van der Waals surface area (Å²) >= 11 is 0. The van der Waals surface area contributed by atoms with Gasteiger partial charge in [-0.2, -0.15) is 0 Å². The fourth-order valence-electron chi connectivity index (χ4n) is 3.36. The Kier molecular flexibility index (Phi) is 2.57. The summed E-state index contributed by atoms with van der Waals surface area (Å²) in [6.45, 7) is 0.264. The maximum Gasteiger partial charge on any atom is 0.410 e. The maximum absolute atomic E-state index is 12.2. The Labute approximate surface area is 116 Å². The molecule has 0 unspecified atom stereocenters. The molecule has 20 heavy (non-hydrogen) atoms. The van der Waals surface area contributed by atoms with E-state index in [2.05, 4.69) is 0 Å². The number of fused-ring (bicyclic) bond motifs is 5. The molecule has 104 valence electrons. The number of Topliss-reactive ketones (excluding diaryl/α,β-unsaturated/α-hetero) is 1. The Bertz CT molecular complexity index is 538. The van der Waals surface area contributed by atoms with Gasteiger partial charge in [0.2, 0.25) is 0 Å². The highest BCUT2D eigenvalue weighted by atomic mass is 16.6. The molecular formula is C15H15NO4. The largest absolute Gasteiger partial charge is 0.445 e. The molecule has 3 heterocycles. The second-order valence-corrected chi connectivity index (χ2v) is 5.59. The Balaban J connectivity index is 1.43. The number of hydrogen-bond acceptors (Lipinski definition) is 4. The first-order valence-corrected chi connectivity index (χ1v) is 6.90. The van der Waals surface area contributed by atoms with Crippen molar-refractivity contribution in [3.63, 3.8) is 0 Å². The van der Waals surface area contributed by atoms with Gasteiger partial charge in [-0.1, -0.05) is 30.3 Å². The van der Waals surface area contributed by atoms with E-state index in [0.717, 1.165) is 5.56 Å². The summed E-state index contributed by atoms with van der Waals surface area (Å²) < 4.78 is 10.9. The lowest BCUT2D eigenvalue weighted by molar-refractivity contribution is -0.125. The van der Waals surface area contributed by atoms with Crippen LogP contribution in [0.2, 0.25) is 0 Å². The van der Waals surface area contributed by atoms with Gasteiger partial charge in [0.25, 0.3) is 0 Å². The van der Waals surface area contributed by atoms with Crippen LogP contribution in [0.4, 0.5) is 4.79 Å². The summed E-state index contributed by atoms with van der Waals surface area (Å²) in [5.74, 6) is 0.225. The van der Waals surface area contributed by atoms with Crippen molar-refractivity contribution in [3.05, 3.63) is 35.9 Å². The molecular weight excluding hydrogens is 258 g/mol. The van der Waals surface area contributed by atoms with Crippen LogP contribution in [-0.2, 0) is 20.9 Å². The number of ether oxygens (including phenoxy) is 2. The summed E-state index contributed by atoms with van der Waals surface area (Å²) in [6, 6.07) is 9.35. The highest BCUT2D eigenvalue weighted by Crippen LogP contribution is 2.47. The summed E-state index contributed by atoms with van der Waals surface area (Å²) in [7, 11) is 0. The van der Waals surface area contributed by atoms with Gasteiger partial charge in [-0.25, -0.2) is 4.79 Å². The van der Waals surface area contributed by atoms with Crippen molar-refractivity contribution < 1.29 is 19.1 Å². The van der Waals surface area contributed by atoms with Gasteiger partial charge in [0.1, 0.15) is 24.6 Å². The zero-order chi connectivity index (χ0) is 13.7. The molecule has 5 nitrogen and oxygen atoms in total. The lowest BCUT2D eigenvalue weighted by atomic mass is 10.0. The third-order valence-electron chi connectivity index (χ3n) is 4.32. The molecule has 3 saturated heterocycles. The Morgan fingerprint density at radius 3 is 2.50 bits per heavy atom. The van der Waals surface area contributed by atoms with E-state index in [-0.39, 0.29) is 42.8 Å². The quantitative estimate of drug-likeness (QED) is 0.766. The van der Waals surface area contributed by atoms with Gasteiger partial charge >= 0.3 is 6.09 Å². The molecule has 0 N–H and O–H groups in total. The fourth-order valence-corrected chi connectivity index (χ4v) is 3.36. The predicted octanol–water partition coefficient (Wildman–Crippen LogP) is 1.51. The van der Waals surface area contributed by atoms with Crippen LogP contribution in [0.25, 0.3) is 0 Å². The van der Waals surface area contributed by atoms with Crippen LogP contribution in [0.1, 0.15) is 18.4 Å². The molecule has 0 aliphatic carbocycles. The minimum Gasteiger partial charge on any atom is -0.445 e. The molecule has 0 spiro atoms. The normalized spacial score (nSPS) is 33.8. The van der Waals surface area contributed by atoms with Crippen molar-refractivity contribution >= 4 is 11.9 Å². The third-order valence-corrected chi connectivity index (χ3v) is 4.32. The zero-order valence-electron chi connectivity index (χ0n) is 10.9. The van der Waals surface area contributed by atoms with Crippen LogP contribution in [0.5, 0.6) is 0 Å². The first-order chi connectivity index (χ1) is 9.74. The topological polar surface area (TPSA) is 59.1 Å². The second kappa shape index (κ2) is 4.31. The fraction of sp³-hybridized carbons (Fsp3) is 0.467. The van der Waals surface area contributed by atoms with Crippen LogP contribution in [0.15, 0.2) is 30.3 Å². The Morgan fingerprint density at radius 1 is 1.20 bits per heavy atom. The smallest absolute Gasteiger partial charge is 0.410 e. The first kappa shape index (κ1) is 11.9. The predicted molar refractivity (Wildman–Crippen MR) is 68.9 cm³/mol. The van der Waals surface area contributed by atoms with E-state index >= 15 is 0 Å². The number of piperidine rings is 1. The van der Waals surface area contributed by atoms with Crippen LogP contribution in [-0.4, -0.2) is 41.1 Å². The lowest BCUT2D eigenvalue weighted by Crippen LogP contribution is -2.51. The highest BCUT2D eigenvalue weighted by molar-refractivity contribution is 5.84. The molecule has 4 atom stereocenters. The van der Waals surface area contributed by atoms with Gasteiger partial charge in [0.15, 0.2) is 0 Å². The molecule has 0 saturated carbocycles. The summed E-state index contributed by atoms with van der Waals surface area (Å²) in [5, 5.41) is 0. The number of ketones is 1. The van der Waals surface area contributed by atoms with Crippen molar-refractivity contribution in [3.8, 4) is 0 Å². The van der Waals surface area contributed by atoms with E-state index in [4.69, 9.17) is 9.47 Å². The lowest BCUT2D eigenvalue weighted by Gasteiger charge is -2.35. The molecule has 1 aromatic carbocycles. The van der Waals surface area contributed by atoms with E-state index in [0.29, 0.717) is 12.8 Å². The number of rotatable bonds is 2. The molecule has 3 aliphatic rings. The first-order valence-electron chi connectivity index (χ1n) is 6.90. The van der Waals surface area contributed by atoms with E-state index in [1.807, 2.05) is 30.3 Å². The number of carbonyl (C=O) groups is 2. The molecule has 3 fully saturated rings. The summed E-state index contributed by atoms with van der Waals surface area (Å²) in [6.07, 6.45) is 0.578. The van der Waals surface area contributed by atoms with Crippen LogP contribution in [0.3, 0.4) is 0 Å². The van der Waals surface area contributed by atoms with Gasteiger partial charge in [-0.05, 0) is 5.56 Å². The van der Waals surface area contributed by atoms with Gasteiger partial charge in [0, 0.05) is 12.8 Å². The van der Waals surface area contributed by atoms with Gasteiger partial charge in [-0.15, -0.1) is 0 Å². The molecule has 3 aliphatic heterocycles. The third kappa shape index (κ3) is 1.81. The van der Waals surface area contributed by atoms with Crippen LogP contribution >= 0.6 is 0 Å². The van der Waals surface area contributed by atoms with Gasteiger partial charge in [0.05, 0.1) is 12.1 Å². The SMILES string of the molecule is O=C1C[C@@H]2[C@H]3O[C@H]3[C@H](C1)N2C(=O)OCc1ccccc1.